The van der Waals surface area contributed by atoms with Crippen molar-refractivity contribution in [3.8, 4) is 0 Å². The Hall–Kier alpha value is -0.970. The van der Waals surface area contributed by atoms with Crippen molar-refractivity contribution in [3.05, 3.63) is 0 Å². The molecule has 7 N–H and O–H groups in total. The second kappa shape index (κ2) is 14.7. The first kappa shape index (κ1) is 30.3. The van der Waals surface area contributed by atoms with Crippen LogP contribution in [0.1, 0.15) is 46.0 Å². The molecule has 0 amide bonds. The molecule has 0 spiro atoms. The van der Waals surface area contributed by atoms with Gasteiger partial charge in [0.15, 0.2) is 12.6 Å². The molecule has 13 nitrogen and oxygen atoms in total. The minimum absolute atomic E-state index is 0.0885. The molecule has 35 heavy (non-hydrogen) atoms. The topological polar surface area (TPSA) is 205 Å². The second-order valence-corrected chi connectivity index (χ2v) is 8.81. The molecule has 2 aliphatic heterocycles. The highest BCUT2D eigenvalue weighted by atomic mass is 16.7. The van der Waals surface area contributed by atoms with Crippen LogP contribution in [0.4, 0.5) is 0 Å². The number of unbranched alkanes of at least 4 members (excludes halogenated alkanes) is 2. The number of esters is 1. The number of carbonyl (C=O) groups is 1. The van der Waals surface area contributed by atoms with E-state index in [-0.39, 0.29) is 13.0 Å². The molecule has 2 aliphatic rings. The van der Waals surface area contributed by atoms with Crippen molar-refractivity contribution in [2.45, 2.75) is 113 Å². The van der Waals surface area contributed by atoms with E-state index in [1.165, 1.54) is 0 Å². The first-order valence-electron chi connectivity index (χ1n) is 12.1. The maximum atomic E-state index is 12.0. The summed E-state index contributed by atoms with van der Waals surface area (Å²) in [5.74, 6) is -0.484. The minimum atomic E-state index is -1.67. The van der Waals surface area contributed by atoms with Gasteiger partial charge in [-0.1, -0.05) is 26.2 Å². The molecule has 2 fully saturated rings. The molecule has 206 valence electrons. The van der Waals surface area contributed by atoms with Gasteiger partial charge in [0.25, 0.3) is 0 Å². The zero-order valence-electron chi connectivity index (χ0n) is 20.1. The van der Waals surface area contributed by atoms with E-state index in [9.17, 15) is 40.5 Å². The van der Waals surface area contributed by atoms with Gasteiger partial charge in [-0.05, 0) is 13.3 Å². The van der Waals surface area contributed by atoms with Crippen molar-refractivity contribution < 1.29 is 64.2 Å². The molecule has 11 atom stereocenters. The molecule has 2 rings (SSSR count). The third-order valence-corrected chi connectivity index (χ3v) is 6.10. The summed E-state index contributed by atoms with van der Waals surface area (Å²) in [5.41, 5.74) is 0. The molecule has 0 aromatic heterocycles. The fraction of sp³-hybridized carbons (Fsp3) is 0.955. The summed E-state index contributed by atoms with van der Waals surface area (Å²) in [6, 6.07) is 0. The van der Waals surface area contributed by atoms with Crippen molar-refractivity contribution in [3.63, 3.8) is 0 Å². The van der Waals surface area contributed by atoms with Gasteiger partial charge in [-0.3, -0.25) is 4.79 Å². The fourth-order valence-corrected chi connectivity index (χ4v) is 4.00. The van der Waals surface area contributed by atoms with E-state index in [4.69, 9.17) is 23.7 Å². The molecular weight excluding hydrogens is 472 g/mol. The molecule has 2 saturated heterocycles. The molecule has 0 aromatic rings. The smallest absolute Gasteiger partial charge is 0.308 e. The van der Waals surface area contributed by atoms with Crippen molar-refractivity contribution in [2.24, 2.45) is 0 Å². The SMILES string of the molecule is CCCCC[C@H](CC(=O)OCC)O[C@@H]1O[C@H](CO[C@@H]2O[C@H](CO)[C@@H](O)[C@H](O)[C@H]2O)[C@@H](O)[C@H](O)[C@H]1O. The summed E-state index contributed by atoms with van der Waals surface area (Å²) in [7, 11) is 0. The predicted octanol–water partition coefficient (Wildman–Crippen LogP) is -2.47. The largest absolute Gasteiger partial charge is 0.466 e. The molecule has 0 aromatic carbocycles. The Bertz CT molecular complexity index is 620. The van der Waals surface area contributed by atoms with Crippen LogP contribution in [0.2, 0.25) is 0 Å². The van der Waals surface area contributed by atoms with Crippen molar-refractivity contribution >= 4 is 5.97 Å². The van der Waals surface area contributed by atoms with Crippen LogP contribution >= 0.6 is 0 Å². The van der Waals surface area contributed by atoms with Crippen molar-refractivity contribution in [1.82, 2.24) is 0 Å². The highest BCUT2D eigenvalue weighted by Crippen LogP contribution is 2.27. The van der Waals surface area contributed by atoms with E-state index in [0.717, 1.165) is 19.3 Å². The lowest BCUT2D eigenvalue weighted by atomic mass is 9.98. The van der Waals surface area contributed by atoms with Gasteiger partial charge in [-0.15, -0.1) is 0 Å². The number of carbonyl (C=O) groups excluding carboxylic acids is 1. The van der Waals surface area contributed by atoms with Crippen LogP contribution in [0, 0.1) is 0 Å². The molecule has 0 radical (unpaired) electrons. The monoisotopic (exact) mass is 512 g/mol. The number of aliphatic hydroxyl groups excluding tert-OH is 7. The molecule has 0 bridgehead atoms. The van der Waals surface area contributed by atoms with Gasteiger partial charge < -0.3 is 59.4 Å². The van der Waals surface area contributed by atoms with Gasteiger partial charge in [0.05, 0.1) is 32.3 Å². The summed E-state index contributed by atoms with van der Waals surface area (Å²) in [6.07, 6.45) is -12.8. The zero-order valence-corrected chi connectivity index (χ0v) is 20.1. The van der Waals surface area contributed by atoms with Crippen LogP contribution in [0.5, 0.6) is 0 Å². The Kier molecular flexibility index (Phi) is 12.7. The quantitative estimate of drug-likeness (QED) is 0.101. The van der Waals surface area contributed by atoms with Gasteiger partial charge in [0.2, 0.25) is 0 Å². The standard InChI is InChI=1S/C22H40O13/c1-3-5-6-7-11(8-14(24)31-4-2)33-22-20(30)18(28)16(26)13(35-22)10-32-21-19(29)17(27)15(25)12(9-23)34-21/h11-13,15-23,25-30H,3-10H2,1-2H3/t11-,12-,13-,15-,16-,17+,18+,19-,20-,21-,22-/m1/s1. The van der Waals surface area contributed by atoms with Crippen molar-refractivity contribution in [2.75, 3.05) is 19.8 Å². The van der Waals surface area contributed by atoms with E-state index in [1.54, 1.807) is 6.92 Å². The third-order valence-electron chi connectivity index (χ3n) is 6.10. The van der Waals surface area contributed by atoms with Gasteiger partial charge in [0.1, 0.15) is 48.8 Å². The molecule has 2 heterocycles. The fourth-order valence-electron chi connectivity index (χ4n) is 4.00. The molecule has 13 heteroatoms. The Morgan fingerprint density at radius 2 is 1.43 bits per heavy atom. The van der Waals surface area contributed by atoms with Gasteiger partial charge in [0, 0.05) is 0 Å². The van der Waals surface area contributed by atoms with Crippen LogP contribution in [0.3, 0.4) is 0 Å². The Balaban J connectivity index is 2.03. The highest BCUT2D eigenvalue weighted by Gasteiger charge is 2.48. The number of rotatable bonds is 13. The maximum absolute atomic E-state index is 12.0. The van der Waals surface area contributed by atoms with E-state index >= 15 is 0 Å². The lowest BCUT2D eigenvalue weighted by Crippen LogP contribution is -2.62. The minimum Gasteiger partial charge on any atom is -0.466 e. The average Bonchev–Trinajstić information content (AvgIpc) is 2.83. The normalized spacial score (nSPS) is 38.8. The third kappa shape index (κ3) is 8.27. The van der Waals surface area contributed by atoms with Crippen LogP contribution in [0.15, 0.2) is 0 Å². The first-order valence-corrected chi connectivity index (χ1v) is 12.1. The molecule has 0 unspecified atom stereocenters. The van der Waals surface area contributed by atoms with E-state index < -0.39 is 86.7 Å². The predicted molar refractivity (Wildman–Crippen MR) is 117 cm³/mol. The lowest BCUT2D eigenvalue weighted by molar-refractivity contribution is -0.336. The summed E-state index contributed by atoms with van der Waals surface area (Å²) in [5, 5.41) is 70.2. The zero-order chi connectivity index (χ0) is 26.1. The summed E-state index contributed by atoms with van der Waals surface area (Å²) in [4.78, 5) is 12.0. The number of ether oxygens (including phenoxy) is 5. The number of hydrogen-bond acceptors (Lipinski definition) is 13. The number of hydrogen-bond donors (Lipinski definition) is 7. The number of aliphatic hydroxyl groups is 7. The van der Waals surface area contributed by atoms with Gasteiger partial charge >= 0.3 is 5.97 Å². The van der Waals surface area contributed by atoms with E-state index in [2.05, 4.69) is 0 Å². The Morgan fingerprint density at radius 1 is 0.829 bits per heavy atom. The average molecular weight is 513 g/mol. The Labute approximate surface area is 204 Å². The molecular formula is C22H40O13. The van der Waals surface area contributed by atoms with E-state index in [1.807, 2.05) is 6.92 Å². The summed E-state index contributed by atoms with van der Waals surface area (Å²) in [6.45, 7) is 2.79. The van der Waals surface area contributed by atoms with Gasteiger partial charge in [-0.2, -0.15) is 0 Å². The molecule has 0 aliphatic carbocycles. The lowest BCUT2D eigenvalue weighted by Gasteiger charge is -2.43. The van der Waals surface area contributed by atoms with E-state index in [0.29, 0.717) is 6.42 Å². The summed E-state index contributed by atoms with van der Waals surface area (Å²) < 4.78 is 27.1. The summed E-state index contributed by atoms with van der Waals surface area (Å²) >= 11 is 0. The van der Waals surface area contributed by atoms with Crippen LogP contribution in [0.25, 0.3) is 0 Å². The highest BCUT2D eigenvalue weighted by molar-refractivity contribution is 5.69. The maximum Gasteiger partial charge on any atom is 0.308 e. The molecule has 0 saturated carbocycles. The van der Waals surface area contributed by atoms with Crippen LogP contribution in [-0.4, -0.2) is 129 Å². The van der Waals surface area contributed by atoms with Crippen molar-refractivity contribution in [1.29, 1.82) is 0 Å². The van der Waals surface area contributed by atoms with Crippen LogP contribution < -0.4 is 0 Å². The Morgan fingerprint density at radius 3 is 2.03 bits per heavy atom. The van der Waals surface area contributed by atoms with Gasteiger partial charge in [-0.25, -0.2) is 0 Å². The first-order chi connectivity index (χ1) is 16.6. The second-order valence-electron chi connectivity index (χ2n) is 8.81. The van der Waals surface area contributed by atoms with Crippen LogP contribution in [-0.2, 0) is 28.5 Å².